The number of piperazine rings is 1. The second kappa shape index (κ2) is 8.59. The van der Waals surface area contributed by atoms with Crippen molar-refractivity contribution in [2.45, 2.75) is 13.5 Å². The van der Waals surface area contributed by atoms with Gasteiger partial charge >= 0.3 is 0 Å². The zero-order valence-corrected chi connectivity index (χ0v) is 16.9. The summed E-state index contributed by atoms with van der Waals surface area (Å²) in [5.74, 6) is -0.0556. The van der Waals surface area contributed by atoms with Gasteiger partial charge in [0, 0.05) is 45.1 Å². The highest BCUT2D eigenvalue weighted by molar-refractivity contribution is 7.18. The van der Waals surface area contributed by atoms with Gasteiger partial charge in [-0.15, -0.1) is 11.3 Å². The van der Waals surface area contributed by atoms with Gasteiger partial charge in [-0.05, 0) is 42.3 Å². The first-order chi connectivity index (χ1) is 14.1. The zero-order chi connectivity index (χ0) is 20.2. The lowest BCUT2D eigenvalue weighted by Gasteiger charge is -2.34. The number of amides is 2. The Kier molecular flexibility index (Phi) is 5.73. The smallest absolute Gasteiger partial charge is 0.291 e. The molecule has 8 heteroatoms. The molecule has 0 bridgehead atoms. The highest BCUT2D eigenvalue weighted by Crippen LogP contribution is 2.28. The van der Waals surface area contributed by atoms with Gasteiger partial charge in [0.05, 0.1) is 16.1 Å². The van der Waals surface area contributed by atoms with Crippen molar-refractivity contribution < 1.29 is 14.0 Å². The number of aryl methyl sites for hydroxylation is 1. The van der Waals surface area contributed by atoms with E-state index in [4.69, 9.17) is 4.42 Å². The van der Waals surface area contributed by atoms with Crippen molar-refractivity contribution in [1.82, 2.24) is 14.8 Å². The van der Waals surface area contributed by atoms with Gasteiger partial charge in [0.2, 0.25) is 0 Å². The molecule has 7 nitrogen and oxygen atoms in total. The molecular weight excluding hydrogens is 388 g/mol. The van der Waals surface area contributed by atoms with Crippen molar-refractivity contribution in [1.29, 1.82) is 0 Å². The molecule has 1 aliphatic rings. The topological polar surface area (TPSA) is 78.7 Å². The fourth-order valence-electron chi connectivity index (χ4n) is 3.34. The standard InChI is InChI=1S/C21H22N4O3S/c1-15-12-18(23-20(26)17-5-3-11-28-17)29-19(15)21(27)25-9-7-24(8-10-25)14-16-4-2-6-22-13-16/h2-6,11-13H,7-10,14H2,1H3,(H,23,26). The summed E-state index contributed by atoms with van der Waals surface area (Å²) < 4.78 is 5.11. The van der Waals surface area contributed by atoms with E-state index in [0.29, 0.717) is 23.0 Å². The van der Waals surface area contributed by atoms with Gasteiger partial charge < -0.3 is 14.6 Å². The molecule has 3 aromatic heterocycles. The van der Waals surface area contributed by atoms with Crippen LogP contribution < -0.4 is 5.32 Å². The summed E-state index contributed by atoms with van der Waals surface area (Å²) >= 11 is 1.30. The van der Waals surface area contributed by atoms with E-state index in [-0.39, 0.29) is 17.6 Å². The summed E-state index contributed by atoms with van der Waals surface area (Å²) in [6.45, 7) is 5.76. The van der Waals surface area contributed by atoms with E-state index < -0.39 is 0 Å². The SMILES string of the molecule is Cc1cc(NC(=O)c2ccco2)sc1C(=O)N1CCN(Cc2cccnc2)CC1. The molecule has 0 aromatic carbocycles. The molecule has 1 aliphatic heterocycles. The predicted octanol–water partition coefficient (Wildman–Crippen LogP) is 3.25. The number of hydrogen-bond acceptors (Lipinski definition) is 6. The molecule has 1 N–H and O–H groups in total. The number of aromatic nitrogens is 1. The predicted molar refractivity (Wildman–Crippen MR) is 111 cm³/mol. The van der Waals surface area contributed by atoms with E-state index in [1.54, 1.807) is 18.3 Å². The number of nitrogens with one attached hydrogen (secondary N) is 1. The van der Waals surface area contributed by atoms with Gasteiger partial charge in [-0.25, -0.2) is 0 Å². The van der Waals surface area contributed by atoms with Crippen LogP contribution in [0.15, 0.2) is 53.4 Å². The Balaban J connectivity index is 1.35. The van der Waals surface area contributed by atoms with Crippen molar-refractivity contribution in [3.05, 3.63) is 70.8 Å². The van der Waals surface area contributed by atoms with Gasteiger partial charge in [-0.1, -0.05) is 6.07 Å². The molecule has 3 aromatic rings. The van der Waals surface area contributed by atoms with Crippen molar-refractivity contribution in [2.24, 2.45) is 0 Å². The van der Waals surface area contributed by atoms with E-state index in [9.17, 15) is 9.59 Å². The summed E-state index contributed by atoms with van der Waals surface area (Å²) in [6, 6.07) is 9.11. The molecule has 0 radical (unpaired) electrons. The Labute approximate surface area is 173 Å². The monoisotopic (exact) mass is 410 g/mol. The maximum atomic E-state index is 13.0. The van der Waals surface area contributed by atoms with Crippen molar-refractivity contribution in [3.63, 3.8) is 0 Å². The third kappa shape index (κ3) is 4.55. The lowest BCUT2D eigenvalue weighted by Crippen LogP contribution is -2.48. The Morgan fingerprint density at radius 2 is 2.03 bits per heavy atom. The molecule has 0 aliphatic carbocycles. The van der Waals surface area contributed by atoms with Crippen molar-refractivity contribution >= 4 is 28.2 Å². The first-order valence-electron chi connectivity index (χ1n) is 9.46. The van der Waals surface area contributed by atoms with E-state index in [2.05, 4.69) is 21.3 Å². The maximum absolute atomic E-state index is 13.0. The van der Waals surface area contributed by atoms with Crippen LogP contribution in [0, 0.1) is 6.92 Å². The van der Waals surface area contributed by atoms with E-state index in [0.717, 1.165) is 25.2 Å². The minimum absolute atomic E-state index is 0.0204. The molecule has 29 heavy (non-hydrogen) atoms. The number of rotatable bonds is 5. The lowest BCUT2D eigenvalue weighted by molar-refractivity contribution is 0.0632. The van der Waals surface area contributed by atoms with Crippen LogP contribution >= 0.6 is 11.3 Å². The summed E-state index contributed by atoms with van der Waals surface area (Å²) in [6.07, 6.45) is 5.11. The second-order valence-corrected chi connectivity index (χ2v) is 8.04. The number of hydrogen-bond donors (Lipinski definition) is 1. The molecule has 4 rings (SSSR count). The maximum Gasteiger partial charge on any atom is 0.291 e. The molecule has 0 spiro atoms. The fraction of sp³-hybridized carbons (Fsp3) is 0.286. The Bertz CT molecular complexity index is 977. The molecule has 4 heterocycles. The lowest BCUT2D eigenvalue weighted by atomic mass is 10.2. The quantitative estimate of drug-likeness (QED) is 0.699. The van der Waals surface area contributed by atoms with Crippen LogP contribution in [0.5, 0.6) is 0 Å². The summed E-state index contributed by atoms with van der Waals surface area (Å²) in [4.78, 5) is 34.2. The minimum Gasteiger partial charge on any atom is -0.459 e. The van der Waals surface area contributed by atoms with E-state index >= 15 is 0 Å². The summed E-state index contributed by atoms with van der Waals surface area (Å²) in [5.41, 5.74) is 2.05. The number of thiophene rings is 1. The van der Waals surface area contributed by atoms with Gasteiger partial charge in [0.15, 0.2) is 5.76 Å². The van der Waals surface area contributed by atoms with Gasteiger partial charge in [0.1, 0.15) is 0 Å². The molecule has 2 amide bonds. The van der Waals surface area contributed by atoms with E-state index in [1.807, 2.05) is 30.2 Å². The van der Waals surface area contributed by atoms with Crippen LogP contribution in [-0.4, -0.2) is 52.8 Å². The van der Waals surface area contributed by atoms with Crippen LogP contribution in [0.3, 0.4) is 0 Å². The third-order valence-electron chi connectivity index (χ3n) is 4.88. The third-order valence-corrected chi connectivity index (χ3v) is 6.02. The molecule has 0 saturated carbocycles. The highest BCUT2D eigenvalue weighted by Gasteiger charge is 2.25. The number of carbonyl (C=O) groups excluding carboxylic acids is 2. The van der Waals surface area contributed by atoms with Gasteiger partial charge in [-0.3, -0.25) is 19.5 Å². The van der Waals surface area contributed by atoms with Crippen LogP contribution in [0.25, 0.3) is 0 Å². The number of nitrogens with zero attached hydrogens (tertiary/aromatic N) is 3. The van der Waals surface area contributed by atoms with Gasteiger partial charge in [0.25, 0.3) is 11.8 Å². The van der Waals surface area contributed by atoms with Crippen LogP contribution in [0.4, 0.5) is 5.00 Å². The van der Waals surface area contributed by atoms with Crippen LogP contribution in [0.2, 0.25) is 0 Å². The molecule has 0 unspecified atom stereocenters. The van der Waals surface area contributed by atoms with Crippen LogP contribution in [-0.2, 0) is 6.54 Å². The Morgan fingerprint density at radius 1 is 1.21 bits per heavy atom. The number of anilines is 1. The average molecular weight is 410 g/mol. The van der Waals surface area contributed by atoms with Crippen molar-refractivity contribution in [3.8, 4) is 0 Å². The minimum atomic E-state index is -0.320. The van der Waals surface area contributed by atoms with E-state index in [1.165, 1.54) is 23.2 Å². The van der Waals surface area contributed by atoms with Crippen LogP contribution in [0.1, 0.15) is 31.4 Å². The number of carbonyl (C=O) groups is 2. The normalized spacial score (nSPS) is 14.7. The molecule has 1 saturated heterocycles. The molecule has 0 atom stereocenters. The highest BCUT2D eigenvalue weighted by atomic mass is 32.1. The first kappa shape index (κ1) is 19.4. The summed E-state index contributed by atoms with van der Waals surface area (Å²) in [5, 5.41) is 3.44. The molecular formula is C21H22N4O3S. The Morgan fingerprint density at radius 3 is 2.72 bits per heavy atom. The fourth-order valence-corrected chi connectivity index (χ4v) is 4.38. The average Bonchev–Trinajstić information content (AvgIpc) is 3.39. The molecule has 150 valence electrons. The van der Waals surface area contributed by atoms with Gasteiger partial charge in [-0.2, -0.15) is 0 Å². The number of pyridine rings is 1. The van der Waals surface area contributed by atoms with Crippen molar-refractivity contribution in [2.75, 3.05) is 31.5 Å². The number of furan rings is 1. The zero-order valence-electron chi connectivity index (χ0n) is 16.1. The summed E-state index contributed by atoms with van der Waals surface area (Å²) in [7, 11) is 0. The first-order valence-corrected chi connectivity index (χ1v) is 10.3. The molecule has 1 fully saturated rings. The largest absolute Gasteiger partial charge is 0.459 e. The Hall–Kier alpha value is -2.97. The second-order valence-electron chi connectivity index (χ2n) is 6.98.